The van der Waals surface area contributed by atoms with Gasteiger partial charge in [-0.1, -0.05) is 12.1 Å². The van der Waals surface area contributed by atoms with Crippen molar-refractivity contribution in [2.75, 3.05) is 24.5 Å². The van der Waals surface area contributed by atoms with E-state index in [1.807, 2.05) is 0 Å². The lowest BCUT2D eigenvalue weighted by molar-refractivity contribution is 0.489. The molecule has 3 rings (SSSR count). The van der Waals surface area contributed by atoms with E-state index in [2.05, 4.69) is 45.7 Å². The molecule has 1 aromatic carbocycles. The van der Waals surface area contributed by atoms with E-state index < -0.39 is 0 Å². The molecule has 0 bridgehead atoms. The van der Waals surface area contributed by atoms with Gasteiger partial charge in [0.2, 0.25) is 0 Å². The summed E-state index contributed by atoms with van der Waals surface area (Å²) in [6.45, 7) is 3.23. The van der Waals surface area contributed by atoms with Crippen LogP contribution in [0.25, 0.3) is 0 Å². The number of piperazine rings is 1. The fraction of sp³-hybridized carbons (Fsp3) is 0.417. The van der Waals surface area contributed by atoms with Crippen molar-refractivity contribution in [1.29, 1.82) is 0 Å². The van der Waals surface area contributed by atoms with E-state index in [1.165, 1.54) is 5.69 Å². The van der Waals surface area contributed by atoms with E-state index >= 15 is 0 Å². The van der Waals surface area contributed by atoms with Crippen molar-refractivity contribution < 1.29 is 0 Å². The van der Waals surface area contributed by atoms with Gasteiger partial charge in [0, 0.05) is 38.3 Å². The third-order valence-electron chi connectivity index (χ3n) is 3.15. The van der Waals surface area contributed by atoms with E-state index in [1.54, 1.807) is 0 Å². The molecule has 2 aliphatic rings. The SMILES string of the molecule is C1=Nc2ccccc2N2CCNC[C@@H]2C1. The van der Waals surface area contributed by atoms with E-state index in [4.69, 9.17) is 0 Å². The molecule has 78 valence electrons. The van der Waals surface area contributed by atoms with Gasteiger partial charge in [0.05, 0.1) is 11.4 Å². The van der Waals surface area contributed by atoms with Crippen LogP contribution < -0.4 is 10.2 Å². The smallest absolute Gasteiger partial charge is 0.0859 e. The Morgan fingerprint density at radius 3 is 3.27 bits per heavy atom. The second-order valence-corrected chi connectivity index (χ2v) is 4.09. The normalized spacial score (nSPS) is 24.3. The summed E-state index contributed by atoms with van der Waals surface area (Å²) in [5.74, 6) is 0. The number of hydrogen-bond acceptors (Lipinski definition) is 3. The Morgan fingerprint density at radius 2 is 2.27 bits per heavy atom. The number of para-hydroxylation sites is 2. The number of fused-ring (bicyclic) bond motifs is 3. The maximum absolute atomic E-state index is 4.52. The predicted molar refractivity (Wildman–Crippen MR) is 63.2 cm³/mol. The molecule has 1 N–H and O–H groups in total. The van der Waals surface area contributed by atoms with Gasteiger partial charge in [0.25, 0.3) is 0 Å². The number of benzene rings is 1. The molecule has 1 fully saturated rings. The fourth-order valence-corrected chi connectivity index (χ4v) is 2.38. The van der Waals surface area contributed by atoms with E-state index in [9.17, 15) is 0 Å². The summed E-state index contributed by atoms with van der Waals surface area (Å²) in [6.07, 6.45) is 3.10. The van der Waals surface area contributed by atoms with Crippen LogP contribution >= 0.6 is 0 Å². The fourth-order valence-electron chi connectivity index (χ4n) is 2.38. The molecule has 3 heteroatoms. The van der Waals surface area contributed by atoms with Gasteiger partial charge in [0.1, 0.15) is 0 Å². The molecule has 3 nitrogen and oxygen atoms in total. The van der Waals surface area contributed by atoms with Gasteiger partial charge in [0.15, 0.2) is 0 Å². The van der Waals surface area contributed by atoms with Crippen molar-refractivity contribution in [2.45, 2.75) is 12.5 Å². The Kier molecular flexibility index (Phi) is 2.18. The summed E-state index contributed by atoms with van der Waals surface area (Å²) in [5.41, 5.74) is 2.40. The standard InChI is InChI=1S/C12H15N3/c1-2-4-12-11(3-1)14-6-5-10-9-13-7-8-15(10)12/h1-4,6,10,13H,5,7-9H2/t10-/m0/s1. The van der Waals surface area contributed by atoms with Gasteiger partial charge in [-0.3, -0.25) is 4.99 Å². The highest BCUT2D eigenvalue weighted by molar-refractivity contribution is 5.77. The lowest BCUT2D eigenvalue weighted by Gasteiger charge is -2.36. The lowest BCUT2D eigenvalue weighted by Crippen LogP contribution is -2.51. The first-order chi connectivity index (χ1) is 7.45. The molecular weight excluding hydrogens is 186 g/mol. The molecule has 1 saturated heterocycles. The first-order valence-electron chi connectivity index (χ1n) is 5.54. The summed E-state index contributed by atoms with van der Waals surface area (Å²) >= 11 is 0. The zero-order valence-electron chi connectivity index (χ0n) is 8.69. The largest absolute Gasteiger partial charge is 0.364 e. The van der Waals surface area contributed by atoms with Crippen molar-refractivity contribution >= 4 is 17.6 Å². The van der Waals surface area contributed by atoms with Crippen LogP contribution in [-0.4, -0.2) is 31.9 Å². The number of hydrogen-bond donors (Lipinski definition) is 1. The Balaban J connectivity index is 2.04. The molecule has 1 atom stereocenters. The van der Waals surface area contributed by atoms with Gasteiger partial charge in [-0.05, 0) is 12.1 Å². The maximum Gasteiger partial charge on any atom is 0.0859 e. The Morgan fingerprint density at radius 1 is 1.33 bits per heavy atom. The number of rotatable bonds is 0. The molecule has 0 unspecified atom stereocenters. The molecule has 0 aliphatic carbocycles. The molecule has 2 aliphatic heterocycles. The number of anilines is 1. The second-order valence-electron chi connectivity index (χ2n) is 4.09. The van der Waals surface area contributed by atoms with Crippen molar-refractivity contribution in [3.63, 3.8) is 0 Å². The molecule has 15 heavy (non-hydrogen) atoms. The van der Waals surface area contributed by atoms with Crippen LogP contribution in [0.2, 0.25) is 0 Å². The quantitative estimate of drug-likeness (QED) is 0.690. The molecular formula is C12H15N3. The molecule has 1 aromatic rings. The summed E-state index contributed by atoms with van der Waals surface area (Å²) in [6, 6.07) is 9.00. The lowest BCUT2D eigenvalue weighted by atomic mass is 10.1. The molecule has 0 radical (unpaired) electrons. The maximum atomic E-state index is 4.52. The highest BCUT2D eigenvalue weighted by atomic mass is 15.2. The second kappa shape index (κ2) is 3.66. The summed E-state index contributed by atoms with van der Waals surface area (Å²) in [7, 11) is 0. The zero-order valence-corrected chi connectivity index (χ0v) is 8.69. The van der Waals surface area contributed by atoms with Crippen LogP contribution in [-0.2, 0) is 0 Å². The van der Waals surface area contributed by atoms with E-state index in [0.717, 1.165) is 31.7 Å². The Bertz CT molecular complexity index is 386. The van der Waals surface area contributed by atoms with E-state index in [-0.39, 0.29) is 0 Å². The third-order valence-corrected chi connectivity index (χ3v) is 3.15. The van der Waals surface area contributed by atoms with E-state index in [0.29, 0.717) is 6.04 Å². The molecule has 0 aromatic heterocycles. The van der Waals surface area contributed by atoms with Gasteiger partial charge in [-0.15, -0.1) is 0 Å². The van der Waals surface area contributed by atoms with Gasteiger partial charge in [-0.25, -0.2) is 0 Å². The monoisotopic (exact) mass is 201 g/mol. The van der Waals surface area contributed by atoms with Crippen LogP contribution in [0.15, 0.2) is 29.3 Å². The first kappa shape index (κ1) is 8.92. The number of nitrogens with zero attached hydrogens (tertiary/aromatic N) is 2. The molecule has 2 heterocycles. The van der Waals surface area contributed by atoms with Crippen molar-refractivity contribution in [3.05, 3.63) is 24.3 Å². The Labute approximate surface area is 89.8 Å². The molecule has 0 amide bonds. The van der Waals surface area contributed by atoms with Crippen LogP contribution in [0, 0.1) is 0 Å². The minimum absolute atomic E-state index is 0.575. The topological polar surface area (TPSA) is 27.6 Å². The highest BCUT2D eigenvalue weighted by Crippen LogP contribution is 2.32. The van der Waals surface area contributed by atoms with Gasteiger partial charge in [-0.2, -0.15) is 0 Å². The summed E-state index contributed by atoms with van der Waals surface area (Å²) < 4.78 is 0. The minimum Gasteiger partial charge on any atom is -0.364 e. The van der Waals surface area contributed by atoms with Crippen molar-refractivity contribution in [1.82, 2.24) is 5.32 Å². The zero-order chi connectivity index (χ0) is 10.1. The van der Waals surface area contributed by atoms with Crippen molar-refractivity contribution in [3.8, 4) is 0 Å². The Hall–Kier alpha value is -1.35. The van der Waals surface area contributed by atoms with Crippen LogP contribution in [0.1, 0.15) is 6.42 Å². The van der Waals surface area contributed by atoms with Gasteiger partial charge >= 0.3 is 0 Å². The van der Waals surface area contributed by atoms with Crippen LogP contribution in [0.4, 0.5) is 11.4 Å². The average Bonchev–Trinajstić information content (AvgIpc) is 2.48. The predicted octanol–water partition coefficient (Wildman–Crippen LogP) is 1.57. The average molecular weight is 201 g/mol. The minimum atomic E-state index is 0.575. The molecule has 0 spiro atoms. The molecule has 0 saturated carbocycles. The van der Waals surface area contributed by atoms with Gasteiger partial charge < -0.3 is 10.2 Å². The third kappa shape index (κ3) is 1.53. The van der Waals surface area contributed by atoms with Crippen molar-refractivity contribution in [2.24, 2.45) is 4.99 Å². The number of nitrogens with one attached hydrogen (secondary N) is 1. The number of aliphatic imine (C=N–C) groups is 1. The van der Waals surface area contributed by atoms with Crippen LogP contribution in [0.5, 0.6) is 0 Å². The summed E-state index contributed by atoms with van der Waals surface area (Å²) in [5, 5.41) is 3.44. The summed E-state index contributed by atoms with van der Waals surface area (Å²) in [4.78, 5) is 7.00. The van der Waals surface area contributed by atoms with Crippen LogP contribution in [0.3, 0.4) is 0 Å². The highest BCUT2D eigenvalue weighted by Gasteiger charge is 2.24. The first-order valence-corrected chi connectivity index (χ1v) is 5.54.